The fourth-order valence-corrected chi connectivity index (χ4v) is 1.38. The van der Waals surface area contributed by atoms with Gasteiger partial charge in [0.05, 0.1) is 16.8 Å². The Balaban J connectivity index is 2.88. The number of nitrogens with zero attached hydrogens (tertiary/aromatic N) is 2. The lowest BCUT2D eigenvalue weighted by Crippen LogP contribution is -2.38. The van der Waals surface area contributed by atoms with Crippen molar-refractivity contribution >= 4 is 17.5 Å². The predicted molar refractivity (Wildman–Crippen MR) is 69.8 cm³/mol. The maximum atomic E-state index is 11.9. The number of amides is 1. The van der Waals surface area contributed by atoms with Crippen LogP contribution >= 0.6 is 11.6 Å². The van der Waals surface area contributed by atoms with Crippen LogP contribution < -0.4 is 5.32 Å². The highest BCUT2D eigenvalue weighted by atomic mass is 35.5. The summed E-state index contributed by atoms with van der Waals surface area (Å²) < 4.78 is 0. The second-order valence-electron chi connectivity index (χ2n) is 5.07. The summed E-state index contributed by atoms with van der Waals surface area (Å²) in [6.07, 6.45) is 1.42. The van der Waals surface area contributed by atoms with Crippen LogP contribution in [-0.2, 0) is 0 Å². The molecule has 2 N–H and O–H groups in total. The van der Waals surface area contributed by atoms with Gasteiger partial charge in [-0.3, -0.25) is 4.79 Å². The lowest BCUT2D eigenvalue weighted by atomic mass is 10.1. The number of hydrogen-bond donors (Lipinski definition) is 2. The van der Waals surface area contributed by atoms with Gasteiger partial charge in [-0.2, -0.15) is 0 Å². The molecule has 6 heteroatoms. The van der Waals surface area contributed by atoms with Crippen molar-refractivity contribution in [3.8, 4) is 0 Å². The van der Waals surface area contributed by atoms with E-state index in [2.05, 4.69) is 15.3 Å². The molecule has 0 saturated carbocycles. The van der Waals surface area contributed by atoms with Crippen molar-refractivity contribution in [1.29, 1.82) is 0 Å². The van der Waals surface area contributed by atoms with Crippen molar-refractivity contribution < 1.29 is 9.90 Å². The van der Waals surface area contributed by atoms with Crippen molar-refractivity contribution in [3.05, 3.63) is 22.7 Å². The summed E-state index contributed by atoms with van der Waals surface area (Å²) >= 11 is 5.90. The van der Waals surface area contributed by atoms with Crippen LogP contribution in [0.4, 0.5) is 0 Å². The van der Waals surface area contributed by atoms with Gasteiger partial charge >= 0.3 is 0 Å². The lowest BCUT2D eigenvalue weighted by Gasteiger charge is -2.17. The van der Waals surface area contributed by atoms with Crippen LogP contribution in [-0.4, -0.2) is 33.1 Å². The van der Waals surface area contributed by atoms with Gasteiger partial charge in [0.2, 0.25) is 0 Å². The molecule has 1 amide bonds. The number of halogens is 1. The molecule has 1 aromatic rings. The van der Waals surface area contributed by atoms with Gasteiger partial charge in [0.1, 0.15) is 11.5 Å². The van der Waals surface area contributed by atoms with E-state index in [0.717, 1.165) is 0 Å². The van der Waals surface area contributed by atoms with E-state index in [0.29, 0.717) is 5.82 Å². The zero-order chi connectivity index (χ0) is 13.9. The fraction of sp³-hybridized carbons (Fsp3) is 0.583. The number of carbonyl (C=O) groups is 1. The Morgan fingerprint density at radius 3 is 2.67 bits per heavy atom. The first kappa shape index (κ1) is 14.9. The first-order valence-electron chi connectivity index (χ1n) is 5.73. The Morgan fingerprint density at radius 2 is 2.17 bits per heavy atom. The first-order valence-corrected chi connectivity index (χ1v) is 6.11. The molecular formula is C12H18ClN3O2. The van der Waals surface area contributed by atoms with E-state index in [1.807, 2.05) is 13.8 Å². The van der Waals surface area contributed by atoms with Gasteiger partial charge in [-0.1, -0.05) is 25.4 Å². The topological polar surface area (TPSA) is 75.1 Å². The van der Waals surface area contributed by atoms with Crippen LogP contribution in [0.2, 0.25) is 5.02 Å². The van der Waals surface area contributed by atoms with Crippen molar-refractivity contribution in [2.24, 2.45) is 0 Å². The molecule has 0 unspecified atom stereocenters. The molecule has 0 atom stereocenters. The van der Waals surface area contributed by atoms with Gasteiger partial charge in [-0.15, -0.1) is 0 Å². The zero-order valence-corrected chi connectivity index (χ0v) is 11.7. The number of hydrogen-bond acceptors (Lipinski definition) is 4. The molecule has 1 aromatic heterocycles. The Bertz CT molecular complexity index is 441. The standard InChI is InChI=1S/C12H18ClN3O2/c1-7(2)10-14-5-8(13)9(16-10)11(17)15-6-12(3,4)18/h5,7,18H,6H2,1-4H3,(H,15,17). The van der Waals surface area contributed by atoms with Gasteiger partial charge in [0.15, 0.2) is 0 Å². The third-order valence-electron chi connectivity index (χ3n) is 2.18. The third-order valence-corrected chi connectivity index (χ3v) is 2.45. The Kier molecular flexibility index (Phi) is 4.65. The van der Waals surface area contributed by atoms with E-state index in [1.165, 1.54) is 6.20 Å². The van der Waals surface area contributed by atoms with E-state index >= 15 is 0 Å². The third kappa shape index (κ3) is 4.23. The molecule has 0 bridgehead atoms. The molecule has 0 saturated heterocycles. The van der Waals surface area contributed by atoms with E-state index in [9.17, 15) is 9.90 Å². The number of nitrogens with one attached hydrogen (secondary N) is 1. The molecule has 0 aliphatic rings. The van der Waals surface area contributed by atoms with Crippen molar-refractivity contribution in [1.82, 2.24) is 15.3 Å². The molecule has 0 fully saturated rings. The number of rotatable bonds is 4. The molecule has 5 nitrogen and oxygen atoms in total. The maximum Gasteiger partial charge on any atom is 0.271 e. The second-order valence-corrected chi connectivity index (χ2v) is 5.48. The number of aliphatic hydroxyl groups is 1. The predicted octanol–water partition coefficient (Wildman–Crippen LogP) is 1.75. The van der Waals surface area contributed by atoms with E-state index in [4.69, 9.17) is 11.6 Å². The molecule has 1 heterocycles. The molecule has 18 heavy (non-hydrogen) atoms. The average Bonchev–Trinajstić information content (AvgIpc) is 2.25. The normalized spacial score (nSPS) is 11.7. The Labute approximate surface area is 112 Å². The monoisotopic (exact) mass is 271 g/mol. The van der Waals surface area contributed by atoms with Crippen molar-refractivity contribution in [2.45, 2.75) is 39.2 Å². The SMILES string of the molecule is CC(C)c1ncc(Cl)c(C(=O)NCC(C)(C)O)n1. The van der Waals surface area contributed by atoms with Gasteiger partial charge in [0.25, 0.3) is 5.91 Å². The van der Waals surface area contributed by atoms with Crippen LogP contribution in [0.25, 0.3) is 0 Å². The number of carbonyl (C=O) groups excluding carboxylic acids is 1. The summed E-state index contributed by atoms with van der Waals surface area (Å²) in [5, 5.41) is 12.3. The van der Waals surface area contributed by atoms with Gasteiger partial charge < -0.3 is 10.4 Å². The lowest BCUT2D eigenvalue weighted by molar-refractivity contribution is 0.0691. The van der Waals surface area contributed by atoms with Crippen LogP contribution in [0.1, 0.15) is 49.9 Å². The zero-order valence-electron chi connectivity index (χ0n) is 11.0. The Morgan fingerprint density at radius 1 is 1.56 bits per heavy atom. The summed E-state index contributed by atoms with van der Waals surface area (Å²) in [7, 11) is 0. The molecule has 0 aliphatic heterocycles. The van der Waals surface area contributed by atoms with Crippen LogP contribution in [0.5, 0.6) is 0 Å². The van der Waals surface area contributed by atoms with Crippen LogP contribution in [0.15, 0.2) is 6.20 Å². The minimum absolute atomic E-state index is 0.114. The second kappa shape index (κ2) is 5.63. The minimum atomic E-state index is -0.976. The molecule has 1 rings (SSSR count). The summed E-state index contributed by atoms with van der Waals surface area (Å²) in [5.41, 5.74) is -0.838. The van der Waals surface area contributed by atoms with E-state index in [1.54, 1.807) is 13.8 Å². The van der Waals surface area contributed by atoms with Gasteiger partial charge in [0, 0.05) is 12.5 Å². The summed E-state index contributed by atoms with van der Waals surface area (Å²) in [5.74, 6) is 0.266. The number of aromatic nitrogens is 2. The van der Waals surface area contributed by atoms with Gasteiger partial charge in [-0.25, -0.2) is 9.97 Å². The summed E-state index contributed by atoms with van der Waals surface area (Å²) in [6, 6.07) is 0. The highest BCUT2D eigenvalue weighted by molar-refractivity contribution is 6.33. The smallest absolute Gasteiger partial charge is 0.271 e. The molecule has 100 valence electrons. The summed E-state index contributed by atoms with van der Waals surface area (Å²) in [4.78, 5) is 20.1. The molecular weight excluding hydrogens is 254 g/mol. The highest BCUT2D eigenvalue weighted by Gasteiger charge is 2.18. The Hall–Kier alpha value is -1.20. The maximum absolute atomic E-state index is 11.9. The van der Waals surface area contributed by atoms with Crippen LogP contribution in [0, 0.1) is 0 Å². The highest BCUT2D eigenvalue weighted by Crippen LogP contribution is 2.16. The largest absolute Gasteiger partial charge is 0.389 e. The molecule has 0 aliphatic carbocycles. The first-order chi connectivity index (χ1) is 8.20. The fourth-order valence-electron chi connectivity index (χ4n) is 1.20. The quantitative estimate of drug-likeness (QED) is 0.875. The van der Waals surface area contributed by atoms with E-state index in [-0.39, 0.29) is 23.2 Å². The minimum Gasteiger partial charge on any atom is -0.389 e. The van der Waals surface area contributed by atoms with E-state index < -0.39 is 11.5 Å². The summed E-state index contributed by atoms with van der Waals surface area (Å²) in [6.45, 7) is 7.20. The van der Waals surface area contributed by atoms with Gasteiger partial charge in [-0.05, 0) is 13.8 Å². The molecule has 0 spiro atoms. The molecule has 0 radical (unpaired) electrons. The van der Waals surface area contributed by atoms with Crippen LogP contribution in [0.3, 0.4) is 0 Å². The van der Waals surface area contributed by atoms with Crippen molar-refractivity contribution in [3.63, 3.8) is 0 Å². The average molecular weight is 272 g/mol. The van der Waals surface area contributed by atoms with Crippen molar-refractivity contribution in [2.75, 3.05) is 6.54 Å². The molecule has 0 aromatic carbocycles.